The van der Waals surface area contributed by atoms with E-state index in [2.05, 4.69) is 21.1 Å². The van der Waals surface area contributed by atoms with Crippen molar-refractivity contribution in [3.8, 4) is 16.8 Å². The van der Waals surface area contributed by atoms with E-state index in [1.807, 2.05) is 17.5 Å². The van der Waals surface area contributed by atoms with Crippen molar-refractivity contribution in [1.29, 1.82) is 5.26 Å². The first-order chi connectivity index (χ1) is 8.86. The lowest BCUT2D eigenvalue weighted by Gasteiger charge is -2.14. The van der Waals surface area contributed by atoms with Gasteiger partial charge >= 0.3 is 0 Å². The van der Waals surface area contributed by atoms with Crippen LogP contribution in [-0.4, -0.2) is 27.6 Å². The first-order valence-electron chi connectivity index (χ1n) is 5.84. The molecule has 0 spiro atoms. The average Bonchev–Trinajstić information content (AvgIpc) is 2.90. The third kappa shape index (κ3) is 2.42. The van der Waals surface area contributed by atoms with Crippen molar-refractivity contribution >= 4 is 11.3 Å². The third-order valence-electron chi connectivity index (χ3n) is 2.89. The average molecular weight is 260 g/mol. The van der Waals surface area contributed by atoms with Crippen molar-refractivity contribution in [2.24, 2.45) is 0 Å². The van der Waals surface area contributed by atoms with E-state index in [0.717, 1.165) is 17.7 Å². The minimum Gasteiger partial charge on any atom is -0.338 e. The highest BCUT2D eigenvalue weighted by Crippen LogP contribution is 2.28. The van der Waals surface area contributed by atoms with E-state index in [4.69, 9.17) is 9.78 Å². The largest absolute Gasteiger partial charge is 0.338 e. The zero-order valence-electron chi connectivity index (χ0n) is 9.74. The Labute approximate surface area is 109 Å². The Morgan fingerprint density at radius 1 is 1.56 bits per heavy atom. The summed E-state index contributed by atoms with van der Waals surface area (Å²) in [5.74, 6) is 1.22. The minimum absolute atomic E-state index is 0.418. The summed E-state index contributed by atoms with van der Waals surface area (Å²) in [5.41, 5.74) is 0. The molecular weight excluding hydrogens is 248 g/mol. The molecule has 6 heteroatoms. The lowest BCUT2D eigenvalue weighted by atomic mass is 10.4. The molecule has 0 aromatic carbocycles. The Morgan fingerprint density at radius 3 is 3.11 bits per heavy atom. The highest BCUT2D eigenvalue weighted by atomic mass is 32.1. The molecule has 0 radical (unpaired) electrons. The molecule has 18 heavy (non-hydrogen) atoms. The van der Waals surface area contributed by atoms with Gasteiger partial charge in [-0.05, 0) is 24.3 Å². The lowest BCUT2D eigenvalue weighted by Crippen LogP contribution is -2.25. The van der Waals surface area contributed by atoms with Gasteiger partial charge in [-0.25, -0.2) is 0 Å². The van der Waals surface area contributed by atoms with Crippen LogP contribution in [0.1, 0.15) is 18.7 Å². The second-order valence-corrected chi connectivity index (χ2v) is 5.23. The maximum atomic E-state index is 8.79. The molecule has 1 fully saturated rings. The molecule has 0 bridgehead atoms. The molecule has 0 amide bonds. The Kier molecular flexibility index (Phi) is 3.09. The molecule has 92 valence electrons. The molecule has 3 rings (SSSR count). The van der Waals surface area contributed by atoms with Crippen molar-refractivity contribution < 1.29 is 4.52 Å². The number of hydrogen-bond donors (Lipinski definition) is 0. The zero-order valence-corrected chi connectivity index (χ0v) is 10.6. The molecule has 0 atom stereocenters. The Morgan fingerprint density at radius 2 is 2.44 bits per heavy atom. The second-order valence-electron chi connectivity index (χ2n) is 4.28. The first kappa shape index (κ1) is 11.4. The first-order valence-corrected chi connectivity index (χ1v) is 6.72. The van der Waals surface area contributed by atoms with Gasteiger partial charge in [0, 0.05) is 6.04 Å². The normalized spacial score (nSPS) is 14.9. The monoisotopic (exact) mass is 260 g/mol. The molecule has 2 aromatic heterocycles. The lowest BCUT2D eigenvalue weighted by molar-refractivity contribution is 0.240. The van der Waals surface area contributed by atoms with Crippen LogP contribution in [0.4, 0.5) is 0 Å². The summed E-state index contributed by atoms with van der Waals surface area (Å²) in [7, 11) is 0. The van der Waals surface area contributed by atoms with Gasteiger partial charge in [0.05, 0.1) is 24.0 Å². The molecule has 1 saturated carbocycles. The summed E-state index contributed by atoms with van der Waals surface area (Å²) in [6.07, 6.45) is 2.32. The number of aromatic nitrogens is 2. The number of nitrogens with zero attached hydrogens (tertiary/aromatic N) is 4. The van der Waals surface area contributed by atoms with Gasteiger partial charge in [-0.15, -0.1) is 11.3 Å². The topological polar surface area (TPSA) is 66.0 Å². The van der Waals surface area contributed by atoms with Crippen LogP contribution in [0.5, 0.6) is 0 Å². The van der Waals surface area contributed by atoms with Crippen LogP contribution in [0.2, 0.25) is 0 Å². The molecule has 0 N–H and O–H groups in total. The summed E-state index contributed by atoms with van der Waals surface area (Å²) < 4.78 is 5.24. The fraction of sp³-hybridized carbons (Fsp3) is 0.417. The number of thiophene rings is 1. The van der Waals surface area contributed by atoms with Crippen molar-refractivity contribution in [3.05, 3.63) is 23.4 Å². The van der Waals surface area contributed by atoms with E-state index in [9.17, 15) is 0 Å². The summed E-state index contributed by atoms with van der Waals surface area (Å²) in [6, 6.07) is 6.62. The van der Waals surface area contributed by atoms with Gasteiger partial charge in [0.1, 0.15) is 0 Å². The van der Waals surface area contributed by atoms with Crippen LogP contribution < -0.4 is 0 Å². The van der Waals surface area contributed by atoms with Crippen LogP contribution in [0.25, 0.3) is 10.7 Å². The second kappa shape index (κ2) is 4.88. The van der Waals surface area contributed by atoms with Gasteiger partial charge in [-0.2, -0.15) is 10.2 Å². The molecule has 0 aliphatic heterocycles. The van der Waals surface area contributed by atoms with Crippen molar-refractivity contribution in [3.63, 3.8) is 0 Å². The van der Waals surface area contributed by atoms with Gasteiger partial charge in [0.25, 0.3) is 0 Å². The van der Waals surface area contributed by atoms with Gasteiger partial charge in [-0.1, -0.05) is 11.2 Å². The van der Waals surface area contributed by atoms with E-state index in [1.54, 1.807) is 11.3 Å². The predicted molar refractivity (Wildman–Crippen MR) is 66.7 cm³/mol. The third-order valence-corrected chi connectivity index (χ3v) is 3.75. The van der Waals surface area contributed by atoms with Crippen molar-refractivity contribution in [2.45, 2.75) is 25.4 Å². The van der Waals surface area contributed by atoms with Gasteiger partial charge in [0.15, 0.2) is 0 Å². The van der Waals surface area contributed by atoms with E-state index in [1.165, 1.54) is 0 Å². The molecular formula is C12H12N4OS. The molecule has 0 saturated heterocycles. The number of rotatable bonds is 5. The SMILES string of the molecule is N#CCN(Cc1nc(-c2cccs2)no1)C1CC1. The molecule has 5 nitrogen and oxygen atoms in total. The maximum Gasteiger partial charge on any atom is 0.241 e. The summed E-state index contributed by atoms with van der Waals surface area (Å²) in [5, 5.41) is 14.7. The van der Waals surface area contributed by atoms with Crippen LogP contribution >= 0.6 is 11.3 Å². The highest BCUT2D eigenvalue weighted by molar-refractivity contribution is 7.13. The van der Waals surface area contributed by atoms with E-state index < -0.39 is 0 Å². The fourth-order valence-electron chi connectivity index (χ4n) is 1.84. The van der Waals surface area contributed by atoms with Crippen molar-refractivity contribution in [1.82, 2.24) is 15.0 Å². The summed E-state index contributed by atoms with van der Waals surface area (Å²) in [6.45, 7) is 0.984. The minimum atomic E-state index is 0.418. The molecule has 0 unspecified atom stereocenters. The van der Waals surface area contributed by atoms with Gasteiger partial charge in [0.2, 0.25) is 11.7 Å². The van der Waals surface area contributed by atoms with E-state index >= 15 is 0 Å². The molecule has 2 heterocycles. The van der Waals surface area contributed by atoms with Gasteiger partial charge in [-0.3, -0.25) is 4.90 Å². The predicted octanol–water partition coefficient (Wildman–Crippen LogP) is 2.29. The standard InChI is InChI=1S/C12H12N4OS/c13-5-6-16(9-3-4-9)8-11-14-12(15-17-11)10-2-1-7-18-10/h1-2,7,9H,3-4,6,8H2. The van der Waals surface area contributed by atoms with Gasteiger partial charge < -0.3 is 4.52 Å². The quantitative estimate of drug-likeness (QED) is 0.772. The highest BCUT2D eigenvalue weighted by Gasteiger charge is 2.30. The Hall–Kier alpha value is -1.71. The maximum absolute atomic E-state index is 8.79. The van der Waals surface area contributed by atoms with E-state index in [-0.39, 0.29) is 0 Å². The Balaban J connectivity index is 1.71. The smallest absolute Gasteiger partial charge is 0.241 e. The summed E-state index contributed by atoms with van der Waals surface area (Å²) in [4.78, 5) is 7.46. The van der Waals surface area contributed by atoms with Crippen molar-refractivity contribution in [2.75, 3.05) is 6.54 Å². The number of nitriles is 1. The number of hydrogen-bond acceptors (Lipinski definition) is 6. The van der Waals surface area contributed by atoms with Crippen LogP contribution in [0.3, 0.4) is 0 Å². The van der Waals surface area contributed by atoms with Crippen LogP contribution in [-0.2, 0) is 6.54 Å². The Bertz CT molecular complexity index is 553. The van der Waals surface area contributed by atoms with Crippen LogP contribution in [0, 0.1) is 11.3 Å². The molecule has 1 aliphatic carbocycles. The van der Waals surface area contributed by atoms with Crippen LogP contribution in [0.15, 0.2) is 22.0 Å². The zero-order chi connectivity index (χ0) is 12.4. The molecule has 2 aromatic rings. The fourth-order valence-corrected chi connectivity index (χ4v) is 2.49. The van der Waals surface area contributed by atoms with E-state index in [0.29, 0.717) is 30.8 Å². The molecule has 1 aliphatic rings. The summed E-state index contributed by atoms with van der Waals surface area (Å²) >= 11 is 1.59.